The van der Waals surface area contributed by atoms with Gasteiger partial charge in [-0.2, -0.15) is 0 Å². The predicted octanol–water partition coefficient (Wildman–Crippen LogP) is 0.729. The number of carbonyl (C=O) groups excluding carboxylic acids is 1. The molecule has 0 saturated carbocycles. The molecule has 0 aliphatic carbocycles. The highest BCUT2D eigenvalue weighted by Gasteiger charge is 2.56. The molecule has 8 heteroatoms. The maximum atomic E-state index is 13.2. The van der Waals surface area contributed by atoms with E-state index in [0.29, 0.717) is 50.7 Å². The Morgan fingerprint density at radius 3 is 3.08 bits per heavy atom. The standard InChI is InChI=1S/C16H23N3O4S/c1-2-12-14(24-18-17-12)15(20)19-7-10-8-23-6-4-16(10,21)11-9-22-5-3-13(11)19/h10-11,13,21H,2-9H2,1H3/t10-,11+,13-,16-/m0/s1. The molecule has 4 atom stereocenters. The lowest BCUT2D eigenvalue weighted by Crippen LogP contribution is -2.68. The molecular formula is C16H23N3O4S. The van der Waals surface area contributed by atoms with E-state index in [0.717, 1.165) is 12.1 Å². The van der Waals surface area contributed by atoms with Gasteiger partial charge in [-0.25, -0.2) is 0 Å². The van der Waals surface area contributed by atoms with E-state index in [2.05, 4.69) is 9.59 Å². The molecular weight excluding hydrogens is 330 g/mol. The number of ether oxygens (including phenoxy) is 2. The van der Waals surface area contributed by atoms with Crippen LogP contribution in [0.15, 0.2) is 0 Å². The molecule has 7 nitrogen and oxygen atoms in total. The Morgan fingerprint density at radius 1 is 1.42 bits per heavy atom. The van der Waals surface area contributed by atoms with Crippen molar-refractivity contribution in [2.45, 2.75) is 37.8 Å². The summed E-state index contributed by atoms with van der Waals surface area (Å²) in [5.74, 6) is -0.126. The van der Waals surface area contributed by atoms with Crippen molar-refractivity contribution in [3.63, 3.8) is 0 Å². The van der Waals surface area contributed by atoms with E-state index < -0.39 is 5.60 Å². The SMILES string of the molecule is CCc1nnsc1C(=O)N1C[C@H]2COCC[C@@]2(O)[C@@H]2COCC[C@@H]21. The van der Waals surface area contributed by atoms with E-state index in [1.54, 1.807) is 0 Å². The fourth-order valence-corrected chi connectivity index (χ4v) is 5.13. The molecule has 3 aliphatic rings. The van der Waals surface area contributed by atoms with E-state index in [1.807, 2.05) is 11.8 Å². The van der Waals surface area contributed by atoms with Gasteiger partial charge in [-0.05, 0) is 24.4 Å². The molecule has 0 bridgehead atoms. The van der Waals surface area contributed by atoms with E-state index in [-0.39, 0.29) is 23.8 Å². The van der Waals surface area contributed by atoms with Gasteiger partial charge >= 0.3 is 0 Å². The third-order valence-corrected chi connectivity index (χ3v) is 6.55. The summed E-state index contributed by atoms with van der Waals surface area (Å²) in [5.41, 5.74) is -0.0334. The molecule has 3 saturated heterocycles. The number of aliphatic hydroxyl groups is 1. The first kappa shape index (κ1) is 16.4. The zero-order chi connectivity index (χ0) is 16.7. The van der Waals surface area contributed by atoms with Gasteiger partial charge in [0.1, 0.15) is 4.88 Å². The fraction of sp³-hybridized carbons (Fsp3) is 0.812. The van der Waals surface area contributed by atoms with Crippen LogP contribution in [0.3, 0.4) is 0 Å². The monoisotopic (exact) mass is 353 g/mol. The van der Waals surface area contributed by atoms with Crippen molar-refractivity contribution in [1.29, 1.82) is 0 Å². The molecule has 24 heavy (non-hydrogen) atoms. The Balaban J connectivity index is 1.66. The average Bonchev–Trinajstić information content (AvgIpc) is 3.09. The molecule has 1 aromatic rings. The number of hydrogen-bond donors (Lipinski definition) is 1. The Morgan fingerprint density at radius 2 is 2.25 bits per heavy atom. The summed E-state index contributed by atoms with van der Waals surface area (Å²) in [5, 5.41) is 15.4. The third kappa shape index (κ3) is 2.47. The van der Waals surface area contributed by atoms with Crippen LogP contribution in [0, 0.1) is 11.8 Å². The van der Waals surface area contributed by atoms with Crippen LogP contribution in [-0.4, -0.2) is 70.1 Å². The normalized spacial score (nSPS) is 36.1. The van der Waals surface area contributed by atoms with Crippen molar-refractivity contribution in [2.75, 3.05) is 33.0 Å². The Labute approximate surface area is 145 Å². The number of likely N-dealkylation sites (tertiary alicyclic amines) is 1. The number of piperidine rings is 1. The second kappa shape index (κ2) is 6.33. The minimum atomic E-state index is -0.792. The zero-order valence-electron chi connectivity index (χ0n) is 13.8. The first-order chi connectivity index (χ1) is 11.6. The Bertz CT molecular complexity index is 624. The maximum absolute atomic E-state index is 13.2. The first-order valence-electron chi connectivity index (χ1n) is 8.65. The van der Waals surface area contributed by atoms with Crippen molar-refractivity contribution in [3.05, 3.63) is 10.6 Å². The van der Waals surface area contributed by atoms with Crippen molar-refractivity contribution < 1.29 is 19.4 Å². The van der Waals surface area contributed by atoms with Crippen LogP contribution in [0.5, 0.6) is 0 Å². The molecule has 1 amide bonds. The average molecular weight is 353 g/mol. The van der Waals surface area contributed by atoms with Gasteiger partial charge in [-0.1, -0.05) is 11.4 Å². The molecule has 0 aromatic carbocycles. The molecule has 1 N–H and O–H groups in total. The lowest BCUT2D eigenvalue weighted by Gasteiger charge is -2.57. The van der Waals surface area contributed by atoms with Crippen LogP contribution >= 0.6 is 11.5 Å². The highest BCUT2D eigenvalue weighted by molar-refractivity contribution is 7.08. The molecule has 4 heterocycles. The van der Waals surface area contributed by atoms with Crippen molar-refractivity contribution >= 4 is 17.4 Å². The Hall–Kier alpha value is -1.09. The van der Waals surface area contributed by atoms with Gasteiger partial charge in [-0.3, -0.25) is 4.79 Å². The summed E-state index contributed by atoms with van der Waals surface area (Å²) in [4.78, 5) is 15.7. The second-order valence-corrected chi connectivity index (χ2v) is 7.66. The number of nitrogens with zero attached hydrogens (tertiary/aromatic N) is 3. The molecule has 1 aromatic heterocycles. The van der Waals surface area contributed by atoms with Crippen LogP contribution < -0.4 is 0 Å². The summed E-state index contributed by atoms with van der Waals surface area (Å²) in [7, 11) is 0. The van der Waals surface area contributed by atoms with Crippen LogP contribution in [0.2, 0.25) is 0 Å². The van der Waals surface area contributed by atoms with Gasteiger partial charge in [0.25, 0.3) is 5.91 Å². The van der Waals surface area contributed by atoms with Crippen LogP contribution in [-0.2, 0) is 15.9 Å². The minimum absolute atomic E-state index is 0.00799. The topological polar surface area (TPSA) is 84.8 Å². The molecule has 3 aliphatic heterocycles. The van der Waals surface area contributed by atoms with Gasteiger partial charge in [0.2, 0.25) is 0 Å². The summed E-state index contributed by atoms with van der Waals surface area (Å²) < 4.78 is 15.2. The van der Waals surface area contributed by atoms with E-state index in [1.165, 1.54) is 11.5 Å². The number of aromatic nitrogens is 2. The predicted molar refractivity (Wildman–Crippen MR) is 86.9 cm³/mol. The van der Waals surface area contributed by atoms with Gasteiger partial charge < -0.3 is 19.5 Å². The summed E-state index contributed by atoms with van der Waals surface area (Å²) in [6.45, 7) is 4.70. The van der Waals surface area contributed by atoms with E-state index >= 15 is 0 Å². The summed E-state index contributed by atoms with van der Waals surface area (Å²) in [6, 6.07) is 0.0115. The quantitative estimate of drug-likeness (QED) is 0.844. The molecule has 0 radical (unpaired) electrons. The van der Waals surface area contributed by atoms with Crippen LogP contribution in [0.1, 0.15) is 35.1 Å². The van der Waals surface area contributed by atoms with E-state index in [4.69, 9.17) is 9.47 Å². The molecule has 3 fully saturated rings. The highest BCUT2D eigenvalue weighted by Crippen LogP contribution is 2.44. The molecule has 132 valence electrons. The molecule has 4 rings (SSSR count). The van der Waals surface area contributed by atoms with Gasteiger partial charge in [0, 0.05) is 44.1 Å². The molecule has 0 unspecified atom stereocenters. The summed E-state index contributed by atoms with van der Waals surface area (Å²) in [6.07, 6.45) is 2.08. The smallest absolute Gasteiger partial charge is 0.267 e. The fourth-order valence-electron chi connectivity index (χ4n) is 4.42. The van der Waals surface area contributed by atoms with Crippen molar-refractivity contribution in [3.8, 4) is 0 Å². The highest BCUT2D eigenvalue weighted by atomic mass is 32.1. The zero-order valence-corrected chi connectivity index (χ0v) is 14.6. The van der Waals surface area contributed by atoms with Gasteiger partial charge in [0.05, 0.1) is 24.5 Å². The maximum Gasteiger partial charge on any atom is 0.267 e. The number of amides is 1. The van der Waals surface area contributed by atoms with Gasteiger partial charge in [0.15, 0.2) is 0 Å². The Kier molecular flexibility index (Phi) is 4.32. The number of carbonyl (C=O) groups is 1. The largest absolute Gasteiger partial charge is 0.389 e. The van der Waals surface area contributed by atoms with Gasteiger partial charge in [-0.15, -0.1) is 5.10 Å². The lowest BCUT2D eigenvalue weighted by molar-refractivity contribution is -0.212. The number of aryl methyl sites for hydroxylation is 1. The number of fused-ring (bicyclic) bond motifs is 3. The van der Waals surface area contributed by atoms with E-state index in [9.17, 15) is 9.90 Å². The second-order valence-electron chi connectivity index (χ2n) is 6.91. The third-order valence-electron chi connectivity index (χ3n) is 5.80. The first-order valence-corrected chi connectivity index (χ1v) is 9.42. The van der Waals surface area contributed by atoms with Crippen molar-refractivity contribution in [1.82, 2.24) is 14.5 Å². The summed E-state index contributed by atoms with van der Waals surface area (Å²) >= 11 is 1.17. The number of hydrogen-bond acceptors (Lipinski definition) is 7. The number of rotatable bonds is 2. The van der Waals surface area contributed by atoms with Crippen LogP contribution in [0.4, 0.5) is 0 Å². The lowest BCUT2D eigenvalue weighted by atomic mass is 9.66. The van der Waals surface area contributed by atoms with Crippen LogP contribution in [0.25, 0.3) is 0 Å². The minimum Gasteiger partial charge on any atom is -0.389 e. The molecule has 0 spiro atoms. The van der Waals surface area contributed by atoms with Crippen molar-refractivity contribution in [2.24, 2.45) is 11.8 Å².